The second-order valence-corrected chi connectivity index (χ2v) is 8.29. The molecule has 0 aliphatic carbocycles. The van der Waals surface area contributed by atoms with Crippen molar-refractivity contribution < 1.29 is 42.2 Å². The number of amides is 2. The van der Waals surface area contributed by atoms with Gasteiger partial charge < -0.3 is 15.5 Å². The van der Waals surface area contributed by atoms with Crippen LogP contribution in [-0.4, -0.2) is 39.6 Å². The minimum Gasteiger partial charge on any atom is -0.507 e. The fourth-order valence-electron chi connectivity index (χ4n) is 3.09. The van der Waals surface area contributed by atoms with E-state index in [4.69, 9.17) is 10.9 Å². The molecule has 0 fully saturated rings. The molecule has 12 heteroatoms. The number of carboxylic acid groups (broad SMARTS) is 1. The van der Waals surface area contributed by atoms with Gasteiger partial charge in [0.1, 0.15) is 23.7 Å². The molecule has 0 unspecified atom stereocenters. The van der Waals surface area contributed by atoms with Gasteiger partial charge in [-0.1, -0.05) is 44.7 Å². The summed E-state index contributed by atoms with van der Waals surface area (Å²) in [7, 11) is 0. The number of carbonyl (C=O) groups is 3. The number of rotatable bonds is 9. The number of hydrogen-bond donors (Lipinski definition) is 4. The SMILES string of the molecule is C=C(/C(O)=C(/C(=O)NCC(=O)O)C(=O)N(N)Cc1ccc(-c2ccc(C(F)(F)F)cc2)cc1F)C(C)C. The molecule has 0 spiro atoms. The molecule has 37 heavy (non-hydrogen) atoms. The van der Waals surface area contributed by atoms with Crippen molar-refractivity contribution in [1.29, 1.82) is 0 Å². The molecule has 0 radical (unpaired) electrons. The fraction of sp³-hybridized carbons (Fsp3) is 0.240. The van der Waals surface area contributed by atoms with Crippen molar-refractivity contribution in [1.82, 2.24) is 10.3 Å². The lowest BCUT2D eigenvalue weighted by Crippen LogP contribution is -2.43. The first-order valence-electron chi connectivity index (χ1n) is 10.8. The number of nitrogens with one attached hydrogen (secondary N) is 1. The molecule has 0 saturated heterocycles. The van der Waals surface area contributed by atoms with Gasteiger partial charge in [-0.2, -0.15) is 13.2 Å². The summed E-state index contributed by atoms with van der Waals surface area (Å²) in [5, 5.41) is 21.7. The quantitative estimate of drug-likeness (QED) is 0.0453. The van der Waals surface area contributed by atoms with Crippen LogP contribution in [0.15, 0.2) is 65.9 Å². The number of hydrogen-bond acceptors (Lipinski definition) is 5. The van der Waals surface area contributed by atoms with Gasteiger partial charge in [0, 0.05) is 5.56 Å². The number of allylic oxidation sites excluding steroid dienone is 1. The second-order valence-electron chi connectivity index (χ2n) is 8.29. The number of aliphatic hydroxyl groups is 1. The van der Waals surface area contributed by atoms with Gasteiger partial charge in [0.25, 0.3) is 11.8 Å². The van der Waals surface area contributed by atoms with Gasteiger partial charge in [0.05, 0.1) is 12.1 Å². The third-order valence-electron chi connectivity index (χ3n) is 5.28. The molecule has 0 atom stereocenters. The van der Waals surface area contributed by atoms with Crippen LogP contribution in [0.2, 0.25) is 0 Å². The monoisotopic (exact) mass is 523 g/mol. The third kappa shape index (κ3) is 7.40. The molecular weight excluding hydrogens is 498 g/mol. The van der Waals surface area contributed by atoms with Crippen LogP contribution in [0.4, 0.5) is 17.6 Å². The van der Waals surface area contributed by atoms with Crippen LogP contribution in [0, 0.1) is 11.7 Å². The second kappa shape index (κ2) is 11.7. The van der Waals surface area contributed by atoms with Gasteiger partial charge in [-0.3, -0.25) is 19.4 Å². The number of aliphatic hydroxyl groups excluding tert-OH is 1. The van der Waals surface area contributed by atoms with Crippen LogP contribution in [0.3, 0.4) is 0 Å². The molecule has 2 aromatic rings. The molecule has 0 aromatic heterocycles. The van der Waals surface area contributed by atoms with E-state index in [1.54, 1.807) is 13.8 Å². The first kappa shape index (κ1) is 29.0. The molecule has 0 aliphatic rings. The number of halogens is 4. The molecule has 0 heterocycles. The van der Waals surface area contributed by atoms with Gasteiger partial charge in [0.15, 0.2) is 0 Å². The number of hydrazine groups is 1. The van der Waals surface area contributed by atoms with Gasteiger partial charge in [-0.15, -0.1) is 0 Å². The van der Waals surface area contributed by atoms with Crippen molar-refractivity contribution in [3.63, 3.8) is 0 Å². The molecule has 2 aromatic carbocycles. The zero-order valence-electron chi connectivity index (χ0n) is 19.9. The number of aliphatic carboxylic acids is 1. The van der Waals surface area contributed by atoms with Crippen molar-refractivity contribution in [2.24, 2.45) is 11.8 Å². The standard InChI is InChI=1S/C25H25F4N3O5/c1-13(2)14(3)22(35)21(23(36)31-11-20(33)34)24(37)32(30)12-17-5-4-16(10-19(17)26)15-6-8-18(9-7-15)25(27,28)29/h4-10,13,35H,3,11-12,30H2,1-2H3,(H,31,36)(H,33,34)/b22-21+. The van der Waals surface area contributed by atoms with Crippen LogP contribution in [0.25, 0.3) is 11.1 Å². The Bertz CT molecular complexity index is 1240. The van der Waals surface area contributed by atoms with E-state index in [-0.39, 0.29) is 16.7 Å². The summed E-state index contributed by atoms with van der Waals surface area (Å²) in [6.07, 6.45) is -4.52. The topological polar surface area (TPSA) is 133 Å². The van der Waals surface area contributed by atoms with E-state index < -0.39 is 65.7 Å². The fourth-order valence-corrected chi connectivity index (χ4v) is 3.09. The lowest BCUT2D eigenvalue weighted by Gasteiger charge is -2.21. The maximum atomic E-state index is 14.8. The van der Waals surface area contributed by atoms with Crippen molar-refractivity contribution in [2.45, 2.75) is 26.6 Å². The van der Waals surface area contributed by atoms with Crippen LogP contribution in [0.1, 0.15) is 25.0 Å². The molecular formula is C25H25F4N3O5. The van der Waals surface area contributed by atoms with Crippen molar-refractivity contribution >= 4 is 17.8 Å². The Morgan fingerprint density at radius 1 is 1.05 bits per heavy atom. The van der Waals surface area contributed by atoms with Crippen LogP contribution in [0.5, 0.6) is 0 Å². The summed E-state index contributed by atoms with van der Waals surface area (Å²) >= 11 is 0. The highest BCUT2D eigenvalue weighted by Gasteiger charge is 2.31. The Kier molecular flexibility index (Phi) is 9.18. The van der Waals surface area contributed by atoms with E-state index in [1.807, 2.05) is 5.32 Å². The van der Waals surface area contributed by atoms with Crippen LogP contribution < -0.4 is 11.2 Å². The number of alkyl halides is 3. The summed E-state index contributed by atoms with van der Waals surface area (Å²) in [5.74, 6) is -0.101. The molecule has 198 valence electrons. The van der Waals surface area contributed by atoms with Crippen LogP contribution in [-0.2, 0) is 27.1 Å². The zero-order valence-corrected chi connectivity index (χ0v) is 19.9. The van der Waals surface area contributed by atoms with Gasteiger partial charge >= 0.3 is 12.1 Å². The first-order valence-corrected chi connectivity index (χ1v) is 10.8. The van der Waals surface area contributed by atoms with E-state index >= 15 is 0 Å². The van der Waals surface area contributed by atoms with Gasteiger partial charge in [-0.05, 0) is 40.8 Å². The normalized spacial score (nSPS) is 12.1. The Morgan fingerprint density at radius 3 is 2.11 bits per heavy atom. The Balaban J connectivity index is 2.31. The highest BCUT2D eigenvalue weighted by Crippen LogP contribution is 2.31. The third-order valence-corrected chi connectivity index (χ3v) is 5.28. The van der Waals surface area contributed by atoms with E-state index in [9.17, 15) is 37.1 Å². The number of benzene rings is 2. The summed E-state index contributed by atoms with van der Waals surface area (Å²) < 4.78 is 53.1. The number of carbonyl (C=O) groups excluding carboxylic acids is 2. The van der Waals surface area contributed by atoms with Gasteiger partial charge in [-0.25, -0.2) is 10.2 Å². The molecule has 0 saturated carbocycles. The Labute approximate surface area is 209 Å². The summed E-state index contributed by atoms with van der Waals surface area (Å²) in [6.45, 7) is 5.46. The van der Waals surface area contributed by atoms with Crippen molar-refractivity contribution in [2.75, 3.05) is 6.54 Å². The predicted octanol–water partition coefficient (Wildman–Crippen LogP) is 3.94. The Hall–Kier alpha value is -4.19. The maximum absolute atomic E-state index is 14.8. The number of nitrogens with zero attached hydrogens (tertiary/aromatic N) is 1. The number of nitrogens with two attached hydrogens (primary N) is 1. The largest absolute Gasteiger partial charge is 0.507 e. The maximum Gasteiger partial charge on any atom is 0.416 e. The summed E-state index contributed by atoms with van der Waals surface area (Å²) in [4.78, 5) is 36.2. The van der Waals surface area contributed by atoms with Crippen molar-refractivity contribution in [3.8, 4) is 11.1 Å². The molecule has 0 aliphatic heterocycles. The summed E-state index contributed by atoms with van der Waals surface area (Å²) in [5.41, 5.74) is -1.23. The van der Waals surface area contributed by atoms with Crippen LogP contribution >= 0.6 is 0 Å². The highest BCUT2D eigenvalue weighted by atomic mass is 19.4. The van der Waals surface area contributed by atoms with Crippen molar-refractivity contribution in [3.05, 3.63) is 82.9 Å². The smallest absolute Gasteiger partial charge is 0.416 e. The minimum atomic E-state index is -4.52. The number of carboxylic acids is 1. The lowest BCUT2D eigenvalue weighted by atomic mass is 9.99. The van der Waals surface area contributed by atoms with E-state index in [0.717, 1.165) is 18.2 Å². The van der Waals surface area contributed by atoms with Gasteiger partial charge in [0.2, 0.25) is 0 Å². The van der Waals surface area contributed by atoms with E-state index in [2.05, 4.69) is 6.58 Å². The molecule has 5 N–H and O–H groups in total. The molecule has 2 rings (SSSR count). The molecule has 8 nitrogen and oxygen atoms in total. The summed E-state index contributed by atoms with van der Waals surface area (Å²) in [6, 6.07) is 7.82. The zero-order chi connectivity index (χ0) is 28.1. The lowest BCUT2D eigenvalue weighted by molar-refractivity contribution is -0.138. The van der Waals surface area contributed by atoms with E-state index in [1.165, 1.54) is 24.3 Å². The molecule has 0 bridgehead atoms. The average molecular weight is 523 g/mol. The Morgan fingerprint density at radius 2 is 1.62 bits per heavy atom. The predicted molar refractivity (Wildman–Crippen MR) is 126 cm³/mol. The minimum absolute atomic E-state index is 0.00861. The van der Waals surface area contributed by atoms with E-state index in [0.29, 0.717) is 10.6 Å². The average Bonchev–Trinajstić information content (AvgIpc) is 2.82. The first-order chi connectivity index (χ1) is 17.1. The molecule has 2 amide bonds. The highest BCUT2D eigenvalue weighted by molar-refractivity contribution is 6.19.